The van der Waals surface area contributed by atoms with Gasteiger partial charge in [0.25, 0.3) is 5.91 Å². The number of carbonyl (C=O) groups is 1. The van der Waals surface area contributed by atoms with Crippen molar-refractivity contribution in [3.8, 4) is 0 Å². The molecule has 1 aliphatic rings. The van der Waals surface area contributed by atoms with Crippen LogP contribution in [0.25, 0.3) is 0 Å². The number of carbonyl (C=O) groups excluding carboxylic acids is 1. The summed E-state index contributed by atoms with van der Waals surface area (Å²) in [7, 11) is 1.82. The van der Waals surface area contributed by atoms with Crippen molar-refractivity contribution < 1.29 is 9.53 Å². The number of hydrogen-bond acceptors (Lipinski definition) is 6. The topological polar surface area (TPSA) is 67.4 Å². The van der Waals surface area contributed by atoms with Crippen LogP contribution >= 0.6 is 11.3 Å². The molecule has 6 nitrogen and oxygen atoms in total. The fourth-order valence-electron chi connectivity index (χ4n) is 2.61. The molecule has 1 amide bonds. The molecule has 0 spiro atoms. The van der Waals surface area contributed by atoms with Crippen LogP contribution in [0.1, 0.15) is 32.8 Å². The first-order chi connectivity index (χ1) is 11.1. The molecular formula is C16H20N4O2S. The molecule has 7 heteroatoms. The highest BCUT2D eigenvalue weighted by atomic mass is 32.1. The molecule has 0 radical (unpaired) electrons. The van der Waals surface area contributed by atoms with Gasteiger partial charge in [-0.1, -0.05) is 0 Å². The van der Waals surface area contributed by atoms with Crippen LogP contribution in [-0.2, 0) is 4.74 Å². The first kappa shape index (κ1) is 15.9. The SMILES string of the molecule is CNc1cc(C)nc([C@H]2COCCN2C(=O)c2cc(C)cs2)n1. The lowest BCUT2D eigenvalue weighted by atomic mass is 10.2. The molecule has 0 saturated carbocycles. The Hall–Kier alpha value is -1.99. The Labute approximate surface area is 139 Å². The Morgan fingerprint density at radius 1 is 1.39 bits per heavy atom. The van der Waals surface area contributed by atoms with Gasteiger partial charge in [0.1, 0.15) is 11.9 Å². The number of aryl methyl sites for hydroxylation is 2. The van der Waals surface area contributed by atoms with Gasteiger partial charge in [-0.15, -0.1) is 11.3 Å². The number of ether oxygens (including phenoxy) is 1. The summed E-state index contributed by atoms with van der Waals surface area (Å²) in [6.07, 6.45) is 0. The zero-order chi connectivity index (χ0) is 16.4. The van der Waals surface area contributed by atoms with Crippen molar-refractivity contribution in [1.82, 2.24) is 14.9 Å². The maximum absolute atomic E-state index is 12.8. The molecule has 0 aromatic carbocycles. The van der Waals surface area contributed by atoms with Crippen molar-refractivity contribution in [2.24, 2.45) is 0 Å². The predicted octanol–water partition coefficient (Wildman–Crippen LogP) is 2.41. The Morgan fingerprint density at radius 2 is 2.22 bits per heavy atom. The molecule has 3 rings (SSSR count). The Bertz CT molecular complexity index is 716. The molecule has 3 heterocycles. The normalized spacial score (nSPS) is 18.0. The van der Waals surface area contributed by atoms with E-state index in [4.69, 9.17) is 4.74 Å². The van der Waals surface area contributed by atoms with Gasteiger partial charge in [0, 0.05) is 25.4 Å². The van der Waals surface area contributed by atoms with E-state index in [1.165, 1.54) is 11.3 Å². The lowest BCUT2D eigenvalue weighted by molar-refractivity contribution is -0.00497. The molecular weight excluding hydrogens is 312 g/mol. The molecule has 1 N–H and O–H groups in total. The molecule has 1 atom stereocenters. The average Bonchev–Trinajstić information content (AvgIpc) is 3.00. The molecule has 2 aromatic rings. The third-order valence-electron chi connectivity index (χ3n) is 3.76. The highest BCUT2D eigenvalue weighted by Crippen LogP contribution is 2.26. The molecule has 2 aromatic heterocycles. The van der Waals surface area contributed by atoms with E-state index >= 15 is 0 Å². The molecule has 0 aliphatic carbocycles. The number of morpholine rings is 1. The number of amides is 1. The maximum atomic E-state index is 12.8. The quantitative estimate of drug-likeness (QED) is 0.935. The van der Waals surface area contributed by atoms with Crippen molar-refractivity contribution in [1.29, 1.82) is 0 Å². The minimum Gasteiger partial charge on any atom is -0.377 e. The first-order valence-corrected chi connectivity index (χ1v) is 8.43. The smallest absolute Gasteiger partial charge is 0.264 e. The third kappa shape index (κ3) is 3.35. The fraction of sp³-hybridized carbons (Fsp3) is 0.438. The van der Waals surface area contributed by atoms with E-state index < -0.39 is 0 Å². The molecule has 23 heavy (non-hydrogen) atoms. The summed E-state index contributed by atoms with van der Waals surface area (Å²) in [5.41, 5.74) is 1.97. The summed E-state index contributed by atoms with van der Waals surface area (Å²) >= 11 is 1.47. The lowest BCUT2D eigenvalue weighted by Crippen LogP contribution is -2.44. The minimum absolute atomic E-state index is 0.0208. The van der Waals surface area contributed by atoms with Crippen molar-refractivity contribution in [3.63, 3.8) is 0 Å². The summed E-state index contributed by atoms with van der Waals surface area (Å²) in [6.45, 7) is 5.42. The van der Waals surface area contributed by atoms with Crippen LogP contribution in [0.5, 0.6) is 0 Å². The monoisotopic (exact) mass is 332 g/mol. The number of nitrogens with zero attached hydrogens (tertiary/aromatic N) is 3. The maximum Gasteiger partial charge on any atom is 0.264 e. The number of nitrogens with one attached hydrogen (secondary N) is 1. The highest BCUT2D eigenvalue weighted by Gasteiger charge is 2.32. The van der Waals surface area contributed by atoms with Crippen LogP contribution in [-0.4, -0.2) is 47.6 Å². The van der Waals surface area contributed by atoms with Gasteiger partial charge in [-0.2, -0.15) is 0 Å². The lowest BCUT2D eigenvalue weighted by Gasteiger charge is -2.34. The van der Waals surface area contributed by atoms with Gasteiger partial charge in [-0.3, -0.25) is 4.79 Å². The molecule has 1 fully saturated rings. The van der Waals surface area contributed by atoms with Gasteiger partial charge < -0.3 is 15.0 Å². The molecule has 1 aliphatic heterocycles. The summed E-state index contributed by atoms with van der Waals surface area (Å²) in [6, 6.07) is 3.54. The zero-order valence-corrected chi connectivity index (χ0v) is 14.3. The van der Waals surface area contributed by atoms with Gasteiger partial charge in [-0.25, -0.2) is 9.97 Å². The van der Waals surface area contributed by atoms with Crippen molar-refractivity contribution >= 4 is 23.1 Å². The van der Waals surface area contributed by atoms with Crippen LogP contribution in [0, 0.1) is 13.8 Å². The van der Waals surface area contributed by atoms with Crippen LogP contribution in [0.3, 0.4) is 0 Å². The highest BCUT2D eigenvalue weighted by molar-refractivity contribution is 7.12. The van der Waals surface area contributed by atoms with Crippen LogP contribution < -0.4 is 5.32 Å². The summed E-state index contributed by atoms with van der Waals surface area (Å²) in [5.74, 6) is 1.39. The van der Waals surface area contributed by atoms with Crippen LogP contribution in [0.2, 0.25) is 0 Å². The third-order valence-corrected chi connectivity index (χ3v) is 4.79. The first-order valence-electron chi connectivity index (χ1n) is 7.55. The second-order valence-electron chi connectivity index (χ2n) is 5.58. The largest absolute Gasteiger partial charge is 0.377 e. The number of rotatable bonds is 3. The van der Waals surface area contributed by atoms with E-state index in [0.717, 1.165) is 22.0 Å². The van der Waals surface area contributed by atoms with Crippen LogP contribution in [0.15, 0.2) is 17.5 Å². The molecule has 122 valence electrons. The second-order valence-corrected chi connectivity index (χ2v) is 6.49. The van der Waals surface area contributed by atoms with Crippen molar-refractivity contribution in [3.05, 3.63) is 39.5 Å². The van der Waals surface area contributed by atoms with Gasteiger partial charge >= 0.3 is 0 Å². The van der Waals surface area contributed by atoms with E-state index in [9.17, 15) is 4.79 Å². The van der Waals surface area contributed by atoms with Gasteiger partial charge in [0.05, 0.1) is 18.1 Å². The predicted molar refractivity (Wildman–Crippen MR) is 90.0 cm³/mol. The Kier molecular flexibility index (Phi) is 4.58. The van der Waals surface area contributed by atoms with E-state index in [2.05, 4.69) is 15.3 Å². The Balaban J connectivity index is 1.92. The van der Waals surface area contributed by atoms with Crippen molar-refractivity contribution in [2.75, 3.05) is 32.1 Å². The minimum atomic E-state index is -0.259. The second kappa shape index (κ2) is 6.64. The molecule has 0 bridgehead atoms. The van der Waals surface area contributed by atoms with E-state index in [-0.39, 0.29) is 11.9 Å². The molecule has 0 unspecified atom stereocenters. The van der Waals surface area contributed by atoms with Gasteiger partial charge in [0.2, 0.25) is 0 Å². The molecule has 1 saturated heterocycles. The Morgan fingerprint density at radius 3 is 2.91 bits per heavy atom. The number of hydrogen-bond donors (Lipinski definition) is 1. The van der Waals surface area contributed by atoms with Crippen LogP contribution in [0.4, 0.5) is 5.82 Å². The summed E-state index contributed by atoms with van der Waals surface area (Å²) < 4.78 is 5.58. The summed E-state index contributed by atoms with van der Waals surface area (Å²) in [4.78, 5) is 24.4. The number of thiophene rings is 1. The zero-order valence-electron chi connectivity index (χ0n) is 13.5. The van der Waals surface area contributed by atoms with E-state index in [0.29, 0.717) is 25.6 Å². The number of aromatic nitrogens is 2. The van der Waals surface area contributed by atoms with E-state index in [1.807, 2.05) is 43.3 Å². The van der Waals surface area contributed by atoms with Gasteiger partial charge in [0.15, 0.2) is 5.82 Å². The number of anilines is 1. The van der Waals surface area contributed by atoms with Crippen molar-refractivity contribution in [2.45, 2.75) is 19.9 Å². The fourth-order valence-corrected chi connectivity index (χ4v) is 3.47. The van der Waals surface area contributed by atoms with E-state index in [1.54, 1.807) is 0 Å². The summed E-state index contributed by atoms with van der Waals surface area (Å²) in [5, 5.41) is 5.02. The van der Waals surface area contributed by atoms with Gasteiger partial charge in [-0.05, 0) is 30.9 Å². The standard InChI is InChI=1S/C16H20N4O2S/c1-10-6-13(23-9-10)16(21)20-4-5-22-8-12(20)15-18-11(2)7-14(17-3)19-15/h6-7,9,12H,4-5,8H2,1-3H3,(H,17,18,19)/t12-/m1/s1. The average molecular weight is 332 g/mol.